The third kappa shape index (κ3) is 4.74. The van der Waals surface area contributed by atoms with Crippen LogP contribution in [0.5, 0.6) is 17.2 Å². The van der Waals surface area contributed by atoms with Crippen LogP contribution in [0.15, 0.2) is 41.3 Å². The summed E-state index contributed by atoms with van der Waals surface area (Å²) in [5.41, 5.74) is 0.555. The van der Waals surface area contributed by atoms with Crippen molar-refractivity contribution in [2.45, 2.75) is 11.3 Å². The standard InChI is InChI=1S/C18H18ClNO4S/c1-22-15-5-3-12(19)9-14(15)20-18(21)11-25-13-4-6-16-17(10-13)24-8-2-7-23-16/h3-6,9-10H,2,7-8,11H2,1H3,(H,20,21). The van der Waals surface area contributed by atoms with Gasteiger partial charge in [0.2, 0.25) is 5.91 Å². The van der Waals surface area contributed by atoms with Gasteiger partial charge in [0.15, 0.2) is 11.5 Å². The number of hydrogen-bond acceptors (Lipinski definition) is 5. The van der Waals surface area contributed by atoms with Crippen molar-refractivity contribution < 1.29 is 19.0 Å². The van der Waals surface area contributed by atoms with E-state index in [1.54, 1.807) is 25.3 Å². The first-order chi connectivity index (χ1) is 12.2. The molecule has 0 aromatic heterocycles. The van der Waals surface area contributed by atoms with E-state index in [1.807, 2.05) is 18.2 Å². The summed E-state index contributed by atoms with van der Waals surface area (Å²) in [6.45, 7) is 1.29. The number of hydrogen-bond donors (Lipinski definition) is 1. The zero-order valence-electron chi connectivity index (χ0n) is 13.7. The van der Waals surface area contributed by atoms with Crippen LogP contribution in [0, 0.1) is 0 Å². The highest BCUT2D eigenvalue weighted by Crippen LogP contribution is 2.34. The molecule has 25 heavy (non-hydrogen) atoms. The number of carbonyl (C=O) groups excluding carboxylic acids is 1. The van der Waals surface area contributed by atoms with E-state index in [2.05, 4.69) is 5.32 Å². The van der Waals surface area contributed by atoms with Crippen molar-refractivity contribution in [1.29, 1.82) is 0 Å². The number of benzene rings is 2. The van der Waals surface area contributed by atoms with E-state index < -0.39 is 0 Å². The molecule has 0 radical (unpaired) electrons. The monoisotopic (exact) mass is 379 g/mol. The predicted molar refractivity (Wildman–Crippen MR) is 99.4 cm³/mol. The lowest BCUT2D eigenvalue weighted by Gasteiger charge is -2.11. The fourth-order valence-electron chi connectivity index (χ4n) is 2.35. The zero-order chi connectivity index (χ0) is 17.6. The van der Waals surface area contributed by atoms with Crippen molar-refractivity contribution in [2.75, 3.05) is 31.4 Å². The molecule has 1 aliphatic heterocycles. The largest absolute Gasteiger partial charge is 0.495 e. The molecule has 0 saturated heterocycles. The second-order valence-electron chi connectivity index (χ2n) is 5.34. The normalized spacial score (nSPS) is 13.0. The Morgan fingerprint density at radius 3 is 2.80 bits per heavy atom. The zero-order valence-corrected chi connectivity index (χ0v) is 15.3. The molecule has 1 amide bonds. The summed E-state index contributed by atoms with van der Waals surface area (Å²) in [6.07, 6.45) is 0.862. The Morgan fingerprint density at radius 1 is 1.20 bits per heavy atom. The average Bonchev–Trinajstić information content (AvgIpc) is 2.85. The van der Waals surface area contributed by atoms with E-state index in [1.165, 1.54) is 11.8 Å². The number of thioether (sulfide) groups is 1. The highest BCUT2D eigenvalue weighted by atomic mass is 35.5. The fraction of sp³-hybridized carbons (Fsp3) is 0.278. The van der Waals surface area contributed by atoms with Crippen LogP contribution in [0.25, 0.3) is 0 Å². The Morgan fingerprint density at radius 2 is 2.00 bits per heavy atom. The number of carbonyl (C=O) groups is 1. The Hall–Kier alpha value is -2.05. The Bertz CT molecular complexity index is 769. The van der Waals surface area contributed by atoms with Gasteiger partial charge >= 0.3 is 0 Å². The van der Waals surface area contributed by atoms with Crippen LogP contribution in [0.4, 0.5) is 5.69 Å². The van der Waals surface area contributed by atoms with Crippen LogP contribution in [0.1, 0.15) is 6.42 Å². The maximum Gasteiger partial charge on any atom is 0.234 e. The third-order valence-corrected chi connectivity index (χ3v) is 4.75. The molecule has 0 bridgehead atoms. The van der Waals surface area contributed by atoms with Crippen LogP contribution in [0.3, 0.4) is 0 Å². The Labute approximate surface area is 155 Å². The van der Waals surface area contributed by atoms with Gasteiger partial charge in [0.1, 0.15) is 5.75 Å². The second-order valence-corrected chi connectivity index (χ2v) is 6.83. The maximum atomic E-state index is 12.2. The number of amides is 1. The van der Waals surface area contributed by atoms with Crippen LogP contribution in [-0.4, -0.2) is 32.0 Å². The number of methoxy groups -OCH3 is 1. The first-order valence-corrected chi connectivity index (χ1v) is 9.18. The van der Waals surface area contributed by atoms with Gasteiger partial charge in [0.25, 0.3) is 0 Å². The quantitative estimate of drug-likeness (QED) is 0.787. The lowest BCUT2D eigenvalue weighted by atomic mass is 10.3. The molecule has 0 fully saturated rings. The topological polar surface area (TPSA) is 56.8 Å². The minimum absolute atomic E-state index is 0.141. The lowest BCUT2D eigenvalue weighted by Crippen LogP contribution is -2.14. The van der Waals surface area contributed by atoms with Gasteiger partial charge in [-0.15, -0.1) is 11.8 Å². The van der Waals surface area contributed by atoms with E-state index in [9.17, 15) is 4.79 Å². The number of fused-ring (bicyclic) bond motifs is 1. The minimum Gasteiger partial charge on any atom is -0.495 e. The van der Waals surface area contributed by atoms with Crippen LogP contribution in [-0.2, 0) is 4.79 Å². The van der Waals surface area contributed by atoms with Gasteiger partial charge in [-0.25, -0.2) is 0 Å². The van der Waals surface area contributed by atoms with Gasteiger partial charge < -0.3 is 19.5 Å². The molecule has 2 aromatic carbocycles. The third-order valence-electron chi connectivity index (χ3n) is 3.52. The van der Waals surface area contributed by atoms with Gasteiger partial charge in [-0.05, 0) is 36.4 Å². The SMILES string of the molecule is COc1ccc(Cl)cc1NC(=O)CSc1ccc2c(c1)OCCCO2. The summed E-state index contributed by atoms with van der Waals surface area (Å²) in [4.78, 5) is 13.2. The summed E-state index contributed by atoms with van der Waals surface area (Å²) < 4.78 is 16.5. The summed E-state index contributed by atoms with van der Waals surface area (Å²) in [7, 11) is 1.55. The predicted octanol–water partition coefficient (Wildman–Crippen LogP) is 4.24. The minimum atomic E-state index is -0.141. The van der Waals surface area contributed by atoms with Crippen molar-refractivity contribution in [3.63, 3.8) is 0 Å². The first kappa shape index (κ1) is 17.8. The molecule has 0 saturated carbocycles. The van der Waals surface area contributed by atoms with Crippen molar-refractivity contribution in [3.8, 4) is 17.2 Å². The molecule has 0 spiro atoms. The van der Waals surface area contributed by atoms with E-state index >= 15 is 0 Å². The molecule has 0 aliphatic carbocycles. The molecule has 2 aromatic rings. The number of anilines is 1. The average molecular weight is 380 g/mol. The number of halogens is 1. The van der Waals surface area contributed by atoms with E-state index in [4.69, 9.17) is 25.8 Å². The molecule has 1 N–H and O–H groups in total. The van der Waals surface area contributed by atoms with Gasteiger partial charge in [-0.1, -0.05) is 11.6 Å². The summed E-state index contributed by atoms with van der Waals surface area (Å²) >= 11 is 7.40. The molecule has 3 rings (SSSR count). The molecule has 0 unspecified atom stereocenters. The van der Waals surface area contributed by atoms with Crippen molar-refractivity contribution >= 4 is 35.0 Å². The number of rotatable bonds is 5. The van der Waals surface area contributed by atoms with E-state index in [0.29, 0.717) is 29.7 Å². The molecular weight excluding hydrogens is 362 g/mol. The molecule has 0 atom stereocenters. The fourth-order valence-corrected chi connectivity index (χ4v) is 3.24. The molecule has 132 valence electrons. The lowest BCUT2D eigenvalue weighted by molar-refractivity contribution is -0.113. The van der Waals surface area contributed by atoms with Crippen molar-refractivity contribution in [3.05, 3.63) is 41.4 Å². The van der Waals surface area contributed by atoms with Crippen LogP contribution < -0.4 is 19.5 Å². The Kier molecular flexibility index (Phi) is 5.94. The molecule has 1 heterocycles. The molecule has 5 nitrogen and oxygen atoms in total. The summed E-state index contributed by atoms with van der Waals surface area (Å²) in [5.74, 6) is 2.15. The van der Waals surface area contributed by atoms with Gasteiger partial charge in [-0.3, -0.25) is 4.79 Å². The second kappa shape index (κ2) is 8.36. The first-order valence-electron chi connectivity index (χ1n) is 7.81. The highest BCUT2D eigenvalue weighted by molar-refractivity contribution is 8.00. The van der Waals surface area contributed by atoms with Gasteiger partial charge in [0, 0.05) is 16.3 Å². The number of nitrogens with one attached hydrogen (secondary N) is 1. The molecular formula is C18H18ClNO4S. The Balaban J connectivity index is 1.61. The van der Waals surface area contributed by atoms with Crippen molar-refractivity contribution in [1.82, 2.24) is 0 Å². The van der Waals surface area contributed by atoms with Crippen LogP contribution >= 0.6 is 23.4 Å². The smallest absolute Gasteiger partial charge is 0.234 e. The number of ether oxygens (including phenoxy) is 3. The van der Waals surface area contributed by atoms with Crippen LogP contribution in [0.2, 0.25) is 5.02 Å². The van der Waals surface area contributed by atoms with Crippen molar-refractivity contribution in [2.24, 2.45) is 0 Å². The summed E-state index contributed by atoms with van der Waals surface area (Å²) in [6, 6.07) is 10.8. The molecule has 7 heteroatoms. The highest BCUT2D eigenvalue weighted by Gasteiger charge is 2.13. The molecule has 1 aliphatic rings. The van der Waals surface area contributed by atoms with E-state index in [0.717, 1.165) is 22.8 Å². The van der Waals surface area contributed by atoms with Gasteiger partial charge in [0.05, 0.1) is 31.8 Å². The summed E-state index contributed by atoms with van der Waals surface area (Å²) in [5, 5.41) is 3.35. The van der Waals surface area contributed by atoms with E-state index in [-0.39, 0.29) is 11.7 Å². The maximum absolute atomic E-state index is 12.2. The van der Waals surface area contributed by atoms with Gasteiger partial charge in [-0.2, -0.15) is 0 Å².